The van der Waals surface area contributed by atoms with Gasteiger partial charge in [0.05, 0.1) is 19.8 Å². The van der Waals surface area contributed by atoms with E-state index in [9.17, 15) is 25.2 Å². The standard InChI is InChI=1S/C16H26O8/c1-16(2)4-9(19)3-8(10(16)5-17)7-23-15-14(22)13(21)12(20)11(6-18)24-15/h3,10-15,17-18,20-22H,4-7H2,1-2H3/t10-,11-,12-,13+,14-,15-/m0/s1. The molecule has 0 bridgehead atoms. The van der Waals surface area contributed by atoms with Crippen LogP contribution in [0.2, 0.25) is 0 Å². The van der Waals surface area contributed by atoms with E-state index in [2.05, 4.69) is 0 Å². The van der Waals surface area contributed by atoms with Crippen molar-refractivity contribution in [3.8, 4) is 0 Å². The van der Waals surface area contributed by atoms with Crippen molar-refractivity contribution in [2.24, 2.45) is 11.3 Å². The Bertz CT molecular complexity index is 486. The number of allylic oxidation sites excluding steroid dienone is 1. The van der Waals surface area contributed by atoms with Gasteiger partial charge in [-0.3, -0.25) is 4.79 Å². The van der Waals surface area contributed by atoms with Gasteiger partial charge in [0.2, 0.25) is 0 Å². The van der Waals surface area contributed by atoms with E-state index >= 15 is 0 Å². The summed E-state index contributed by atoms with van der Waals surface area (Å²) in [6.07, 6.45) is -5.04. The average molecular weight is 346 g/mol. The summed E-state index contributed by atoms with van der Waals surface area (Å²) in [6, 6.07) is 0. The van der Waals surface area contributed by atoms with Gasteiger partial charge in [-0.2, -0.15) is 0 Å². The van der Waals surface area contributed by atoms with Crippen LogP contribution < -0.4 is 0 Å². The SMILES string of the molecule is CC1(C)CC(=O)C=C(CO[C@H]2O[C@@H](CO)[C@H](O)[C@@H](O)[C@@H]2O)[C@@H]1CO. The third-order valence-corrected chi connectivity index (χ3v) is 4.81. The molecule has 6 atom stereocenters. The molecular formula is C16H26O8. The van der Waals surface area contributed by atoms with Crippen LogP contribution in [0.1, 0.15) is 20.3 Å². The van der Waals surface area contributed by atoms with E-state index in [1.54, 1.807) is 0 Å². The number of aliphatic hydroxyl groups excluding tert-OH is 5. The fraction of sp³-hybridized carbons (Fsp3) is 0.812. The Morgan fingerprint density at radius 2 is 1.83 bits per heavy atom. The Morgan fingerprint density at radius 3 is 2.42 bits per heavy atom. The van der Waals surface area contributed by atoms with Crippen molar-refractivity contribution in [3.05, 3.63) is 11.6 Å². The van der Waals surface area contributed by atoms with E-state index < -0.39 is 42.7 Å². The van der Waals surface area contributed by atoms with E-state index in [0.717, 1.165) is 0 Å². The van der Waals surface area contributed by atoms with Crippen molar-refractivity contribution in [1.82, 2.24) is 0 Å². The summed E-state index contributed by atoms with van der Waals surface area (Å²) in [5.74, 6) is -0.350. The highest BCUT2D eigenvalue weighted by atomic mass is 16.7. The maximum atomic E-state index is 11.9. The Labute approximate surface area is 140 Å². The van der Waals surface area contributed by atoms with Gasteiger partial charge in [0.25, 0.3) is 0 Å². The first-order chi connectivity index (χ1) is 11.2. The molecule has 2 aliphatic rings. The molecule has 2 rings (SSSR count). The quantitative estimate of drug-likeness (QED) is 0.399. The maximum absolute atomic E-state index is 11.9. The summed E-state index contributed by atoms with van der Waals surface area (Å²) in [5, 5.41) is 48.2. The molecule has 1 saturated heterocycles. The summed E-state index contributed by atoms with van der Waals surface area (Å²) in [5.41, 5.74) is 0.157. The summed E-state index contributed by atoms with van der Waals surface area (Å²) < 4.78 is 10.7. The molecule has 24 heavy (non-hydrogen) atoms. The van der Waals surface area contributed by atoms with Crippen LogP contribution in [0.15, 0.2) is 11.6 Å². The van der Waals surface area contributed by atoms with Gasteiger partial charge in [0, 0.05) is 12.3 Å². The topological polar surface area (TPSA) is 137 Å². The van der Waals surface area contributed by atoms with Crippen LogP contribution in [0, 0.1) is 11.3 Å². The van der Waals surface area contributed by atoms with Gasteiger partial charge in [-0.1, -0.05) is 13.8 Å². The molecule has 138 valence electrons. The molecule has 1 aliphatic carbocycles. The number of hydrogen-bond donors (Lipinski definition) is 5. The van der Waals surface area contributed by atoms with E-state index in [4.69, 9.17) is 14.6 Å². The summed E-state index contributed by atoms with van der Waals surface area (Å²) >= 11 is 0. The third-order valence-electron chi connectivity index (χ3n) is 4.81. The molecule has 0 radical (unpaired) electrons. The van der Waals surface area contributed by atoms with E-state index in [1.165, 1.54) is 6.08 Å². The number of hydrogen-bond acceptors (Lipinski definition) is 8. The van der Waals surface area contributed by atoms with Gasteiger partial charge in [-0.05, 0) is 17.1 Å². The second kappa shape index (κ2) is 7.57. The van der Waals surface area contributed by atoms with Crippen molar-refractivity contribution in [1.29, 1.82) is 0 Å². The molecule has 8 heteroatoms. The Kier molecular flexibility index (Phi) is 6.14. The maximum Gasteiger partial charge on any atom is 0.187 e. The van der Waals surface area contributed by atoms with Crippen LogP contribution in [-0.2, 0) is 14.3 Å². The van der Waals surface area contributed by atoms with Crippen molar-refractivity contribution < 1.29 is 39.8 Å². The molecule has 8 nitrogen and oxygen atoms in total. The number of aliphatic hydroxyl groups is 5. The summed E-state index contributed by atoms with van der Waals surface area (Å²) in [4.78, 5) is 11.9. The molecule has 1 aliphatic heterocycles. The first-order valence-corrected chi connectivity index (χ1v) is 7.97. The van der Waals surface area contributed by atoms with Crippen molar-refractivity contribution in [3.63, 3.8) is 0 Å². The zero-order valence-electron chi connectivity index (χ0n) is 13.8. The number of rotatable bonds is 5. The van der Waals surface area contributed by atoms with Gasteiger partial charge >= 0.3 is 0 Å². The zero-order valence-corrected chi connectivity index (χ0v) is 13.8. The van der Waals surface area contributed by atoms with Crippen molar-refractivity contribution >= 4 is 5.78 Å². The van der Waals surface area contributed by atoms with Crippen LogP contribution in [0.4, 0.5) is 0 Å². The summed E-state index contributed by atoms with van der Waals surface area (Å²) in [6.45, 7) is 2.99. The van der Waals surface area contributed by atoms with E-state index in [-0.39, 0.29) is 24.9 Å². The second-order valence-corrected chi connectivity index (χ2v) is 7.09. The minimum atomic E-state index is -1.52. The second-order valence-electron chi connectivity index (χ2n) is 7.09. The van der Waals surface area contributed by atoms with Crippen LogP contribution in [-0.4, -0.2) is 81.8 Å². The normalized spacial score (nSPS) is 39.6. The predicted molar refractivity (Wildman–Crippen MR) is 81.8 cm³/mol. The lowest BCUT2D eigenvalue weighted by molar-refractivity contribution is -0.299. The Balaban J connectivity index is 2.07. The third kappa shape index (κ3) is 3.85. The molecule has 1 fully saturated rings. The lowest BCUT2D eigenvalue weighted by atomic mass is 9.68. The van der Waals surface area contributed by atoms with Crippen LogP contribution in [0.5, 0.6) is 0 Å². The van der Waals surface area contributed by atoms with Crippen molar-refractivity contribution in [2.45, 2.75) is 51.0 Å². The first kappa shape index (κ1) is 19.5. The molecule has 5 N–H and O–H groups in total. The van der Waals surface area contributed by atoms with Crippen molar-refractivity contribution in [2.75, 3.05) is 19.8 Å². The first-order valence-electron chi connectivity index (χ1n) is 7.97. The van der Waals surface area contributed by atoms with Crippen LogP contribution in [0.3, 0.4) is 0 Å². The molecule has 1 heterocycles. The minimum absolute atomic E-state index is 0.0721. The number of carbonyl (C=O) groups excluding carboxylic acids is 1. The lowest BCUT2D eigenvalue weighted by Crippen LogP contribution is -2.59. The monoisotopic (exact) mass is 346 g/mol. The Hall–Kier alpha value is -0.870. The number of ether oxygens (including phenoxy) is 2. The fourth-order valence-electron chi connectivity index (χ4n) is 3.32. The highest BCUT2D eigenvalue weighted by Gasteiger charge is 2.44. The van der Waals surface area contributed by atoms with Crippen LogP contribution in [0.25, 0.3) is 0 Å². The highest BCUT2D eigenvalue weighted by molar-refractivity contribution is 5.92. The number of ketones is 1. The molecule has 0 amide bonds. The van der Waals surface area contributed by atoms with Gasteiger partial charge in [0.15, 0.2) is 12.1 Å². The summed E-state index contributed by atoms with van der Waals surface area (Å²) in [7, 11) is 0. The number of carbonyl (C=O) groups is 1. The molecule has 0 aromatic carbocycles. The molecule has 0 unspecified atom stereocenters. The van der Waals surface area contributed by atoms with Crippen LogP contribution >= 0.6 is 0 Å². The molecule has 0 aromatic heterocycles. The molecule has 0 spiro atoms. The van der Waals surface area contributed by atoms with E-state index in [1.807, 2.05) is 13.8 Å². The zero-order chi connectivity index (χ0) is 18.1. The predicted octanol–water partition coefficient (Wildman–Crippen LogP) is -1.66. The van der Waals surface area contributed by atoms with Gasteiger partial charge in [-0.15, -0.1) is 0 Å². The van der Waals surface area contributed by atoms with E-state index in [0.29, 0.717) is 12.0 Å². The Morgan fingerprint density at radius 1 is 1.17 bits per heavy atom. The molecule has 0 aromatic rings. The minimum Gasteiger partial charge on any atom is -0.396 e. The highest BCUT2D eigenvalue weighted by Crippen LogP contribution is 2.39. The molecular weight excluding hydrogens is 320 g/mol. The van der Waals surface area contributed by atoms with Gasteiger partial charge < -0.3 is 35.0 Å². The average Bonchev–Trinajstić information content (AvgIpc) is 2.50. The fourth-order valence-corrected chi connectivity index (χ4v) is 3.32. The lowest BCUT2D eigenvalue weighted by Gasteiger charge is -2.41. The van der Waals surface area contributed by atoms with Gasteiger partial charge in [0.1, 0.15) is 24.4 Å². The molecule has 0 saturated carbocycles. The smallest absolute Gasteiger partial charge is 0.187 e. The largest absolute Gasteiger partial charge is 0.396 e. The van der Waals surface area contributed by atoms with Gasteiger partial charge in [-0.25, -0.2) is 0 Å².